The van der Waals surface area contributed by atoms with E-state index in [0.29, 0.717) is 18.0 Å². The Hall–Kier alpha value is -2.53. The molecule has 4 atom stereocenters. The molecule has 0 bridgehead atoms. The topological polar surface area (TPSA) is 143 Å². The highest BCUT2D eigenvalue weighted by atomic mass is 32.2. The van der Waals surface area contributed by atoms with Crippen molar-refractivity contribution in [2.75, 3.05) is 26.2 Å². The minimum atomic E-state index is -1.14. The summed E-state index contributed by atoms with van der Waals surface area (Å²) in [4.78, 5) is 39.3. The number of hydrogen-bond donors (Lipinski definition) is 4. The van der Waals surface area contributed by atoms with Crippen LogP contribution in [0, 0.1) is 17.2 Å². The standard InChI is InChI=1S/C19H26N4O6S/c1-4-5-29-19(28)21-6-12(20)22-7-11(8-22)30-16-9(2)14-13(10(3)24)17(25)23(14)15(16)18(26)27/h4,9-11,13-14,20,24H,1,5-8H2,2-3H3,(H,21,28)(H,26,27)/t9-,10-,13-,14-/m1/s1. The lowest BCUT2D eigenvalue weighted by atomic mass is 9.79. The van der Waals surface area contributed by atoms with Crippen molar-refractivity contribution >= 4 is 35.6 Å². The maximum Gasteiger partial charge on any atom is 0.407 e. The van der Waals surface area contributed by atoms with Crippen LogP contribution in [0.25, 0.3) is 0 Å². The lowest BCUT2D eigenvalue weighted by molar-refractivity contribution is -0.163. The average molecular weight is 439 g/mol. The first-order chi connectivity index (χ1) is 14.2. The van der Waals surface area contributed by atoms with Crippen LogP contribution in [0.2, 0.25) is 0 Å². The number of nitrogens with one attached hydrogen (secondary N) is 2. The summed E-state index contributed by atoms with van der Waals surface area (Å²) in [7, 11) is 0. The lowest BCUT2D eigenvalue weighted by Crippen LogP contribution is -2.63. The third-order valence-electron chi connectivity index (χ3n) is 5.57. The van der Waals surface area contributed by atoms with Gasteiger partial charge in [-0.2, -0.15) is 0 Å². The molecule has 0 aromatic rings. The van der Waals surface area contributed by atoms with Crippen molar-refractivity contribution in [2.24, 2.45) is 11.8 Å². The van der Waals surface area contributed by atoms with E-state index in [1.54, 1.807) is 11.8 Å². The Bertz CT molecular complexity index is 807. The zero-order chi connectivity index (χ0) is 22.2. The van der Waals surface area contributed by atoms with E-state index in [2.05, 4.69) is 11.9 Å². The van der Waals surface area contributed by atoms with Crippen LogP contribution >= 0.6 is 11.8 Å². The molecular weight excluding hydrogens is 412 g/mol. The number of aliphatic hydroxyl groups excluding tert-OH is 1. The molecule has 30 heavy (non-hydrogen) atoms. The molecule has 4 N–H and O–H groups in total. The molecule has 3 heterocycles. The van der Waals surface area contributed by atoms with Crippen LogP contribution in [0.5, 0.6) is 0 Å². The number of amidine groups is 1. The van der Waals surface area contributed by atoms with Crippen LogP contribution in [0.1, 0.15) is 13.8 Å². The van der Waals surface area contributed by atoms with Crippen molar-refractivity contribution in [1.82, 2.24) is 15.1 Å². The second kappa shape index (κ2) is 8.68. The SMILES string of the molecule is C=CCOC(=O)NCC(=N)N1CC(SC2=C(C(=O)O)N3C(=O)[C@H]([C@@H](C)O)[C@H]3[C@H]2C)C1. The van der Waals surface area contributed by atoms with Gasteiger partial charge in [-0.25, -0.2) is 9.59 Å². The van der Waals surface area contributed by atoms with E-state index in [4.69, 9.17) is 10.1 Å². The summed E-state index contributed by atoms with van der Waals surface area (Å²) < 4.78 is 4.79. The molecule has 0 aliphatic carbocycles. The number of rotatable bonds is 8. The fourth-order valence-electron chi connectivity index (χ4n) is 4.04. The molecule has 3 aliphatic rings. The third-order valence-corrected chi connectivity index (χ3v) is 7.02. The maximum atomic E-state index is 12.4. The van der Waals surface area contributed by atoms with E-state index in [-0.39, 0.29) is 47.8 Å². The van der Waals surface area contributed by atoms with Crippen molar-refractivity contribution in [3.8, 4) is 0 Å². The van der Waals surface area contributed by atoms with Crippen LogP contribution in [0.15, 0.2) is 23.3 Å². The Balaban J connectivity index is 1.55. The monoisotopic (exact) mass is 438 g/mol. The Morgan fingerprint density at radius 2 is 2.13 bits per heavy atom. The lowest BCUT2D eigenvalue weighted by Gasteiger charge is -2.46. The van der Waals surface area contributed by atoms with Gasteiger partial charge in [0.1, 0.15) is 18.1 Å². The zero-order valence-electron chi connectivity index (χ0n) is 16.8. The zero-order valence-corrected chi connectivity index (χ0v) is 17.6. The number of nitrogens with zero attached hydrogens (tertiary/aromatic N) is 2. The van der Waals surface area contributed by atoms with E-state index < -0.39 is 24.1 Å². The van der Waals surface area contributed by atoms with Gasteiger partial charge >= 0.3 is 12.1 Å². The van der Waals surface area contributed by atoms with E-state index in [0.717, 1.165) is 0 Å². The number of thioether (sulfide) groups is 1. The summed E-state index contributed by atoms with van der Waals surface area (Å²) in [5.41, 5.74) is 0.0135. The number of alkyl carbamates (subject to hydrolysis) is 1. The predicted molar refractivity (Wildman–Crippen MR) is 110 cm³/mol. The predicted octanol–water partition coefficient (Wildman–Crippen LogP) is 0.447. The molecule has 0 radical (unpaired) electrons. The average Bonchev–Trinajstić information content (AvgIpc) is 2.88. The highest BCUT2D eigenvalue weighted by Crippen LogP contribution is 2.51. The number of carbonyl (C=O) groups excluding carboxylic acids is 2. The van der Waals surface area contributed by atoms with Crippen molar-refractivity contribution in [3.63, 3.8) is 0 Å². The number of hydrogen-bond acceptors (Lipinski definition) is 7. The summed E-state index contributed by atoms with van der Waals surface area (Å²) in [6.07, 6.45) is 0.00124. The van der Waals surface area contributed by atoms with Gasteiger partial charge in [0.05, 0.1) is 24.6 Å². The number of likely N-dealkylation sites (tertiary alicyclic amines) is 1. The molecule has 0 aromatic carbocycles. The summed E-state index contributed by atoms with van der Waals surface area (Å²) in [6.45, 7) is 8.08. The van der Waals surface area contributed by atoms with E-state index in [9.17, 15) is 24.6 Å². The number of carboxylic acid groups (broad SMARTS) is 1. The van der Waals surface area contributed by atoms with E-state index >= 15 is 0 Å². The molecule has 0 unspecified atom stereocenters. The second-order valence-electron chi connectivity index (χ2n) is 7.60. The van der Waals surface area contributed by atoms with Crippen LogP contribution in [-0.2, 0) is 14.3 Å². The number of carbonyl (C=O) groups is 3. The summed E-state index contributed by atoms with van der Waals surface area (Å²) in [5.74, 6) is -2.00. The Morgan fingerprint density at radius 1 is 1.47 bits per heavy atom. The van der Waals surface area contributed by atoms with Gasteiger partial charge in [0.25, 0.3) is 0 Å². The smallest absolute Gasteiger partial charge is 0.407 e. The minimum Gasteiger partial charge on any atom is -0.477 e. The number of fused-ring (bicyclic) bond motifs is 1. The molecule has 2 amide bonds. The molecular formula is C19H26N4O6S. The molecule has 3 rings (SSSR count). The highest BCUT2D eigenvalue weighted by molar-refractivity contribution is 8.03. The van der Waals surface area contributed by atoms with Crippen LogP contribution in [0.3, 0.4) is 0 Å². The van der Waals surface area contributed by atoms with Gasteiger partial charge in [-0.15, -0.1) is 11.8 Å². The quantitative estimate of drug-likeness (QED) is 0.185. The van der Waals surface area contributed by atoms with Crippen molar-refractivity contribution < 1.29 is 29.3 Å². The number of amides is 2. The first kappa shape index (κ1) is 22.2. The molecule has 2 fully saturated rings. The van der Waals surface area contributed by atoms with Crippen LogP contribution in [-0.4, -0.2) is 87.5 Å². The first-order valence-electron chi connectivity index (χ1n) is 9.66. The van der Waals surface area contributed by atoms with Crippen molar-refractivity contribution in [1.29, 1.82) is 5.41 Å². The van der Waals surface area contributed by atoms with Gasteiger partial charge in [-0.1, -0.05) is 19.6 Å². The van der Waals surface area contributed by atoms with Gasteiger partial charge in [0.2, 0.25) is 5.91 Å². The Labute approximate surface area is 178 Å². The van der Waals surface area contributed by atoms with Gasteiger partial charge in [0, 0.05) is 29.2 Å². The first-order valence-corrected chi connectivity index (χ1v) is 10.5. The number of carboxylic acids is 1. The molecule has 0 aromatic heterocycles. The fourth-order valence-corrected chi connectivity index (χ4v) is 5.56. The van der Waals surface area contributed by atoms with Gasteiger partial charge in [-0.05, 0) is 6.92 Å². The van der Waals surface area contributed by atoms with Crippen LogP contribution in [0.4, 0.5) is 4.79 Å². The Morgan fingerprint density at radius 3 is 2.70 bits per heavy atom. The summed E-state index contributed by atoms with van der Waals surface area (Å²) in [6, 6.07) is -0.327. The third kappa shape index (κ3) is 3.91. The molecule has 11 heteroatoms. The molecule has 2 saturated heterocycles. The molecule has 3 aliphatic heterocycles. The summed E-state index contributed by atoms with van der Waals surface area (Å²) in [5, 5.41) is 30.2. The highest BCUT2D eigenvalue weighted by Gasteiger charge is 2.60. The minimum absolute atomic E-state index is 0.0135. The number of aliphatic carboxylic acids is 1. The van der Waals surface area contributed by atoms with Crippen molar-refractivity contribution in [2.45, 2.75) is 31.2 Å². The van der Waals surface area contributed by atoms with E-state index in [1.807, 2.05) is 6.92 Å². The Kier molecular flexibility index (Phi) is 6.41. The molecule has 0 spiro atoms. The molecule has 10 nitrogen and oxygen atoms in total. The molecule has 0 saturated carbocycles. The van der Waals surface area contributed by atoms with E-state index in [1.165, 1.54) is 22.7 Å². The number of β-lactam (4-membered cyclic amide) rings is 1. The summed E-state index contributed by atoms with van der Waals surface area (Å²) >= 11 is 1.42. The van der Waals surface area contributed by atoms with Gasteiger partial charge < -0.3 is 30.1 Å². The number of ether oxygens (including phenoxy) is 1. The normalized spacial score (nSPS) is 26.5. The number of aliphatic hydroxyl groups is 1. The van der Waals surface area contributed by atoms with Crippen LogP contribution < -0.4 is 5.32 Å². The maximum absolute atomic E-state index is 12.4. The second-order valence-corrected chi connectivity index (χ2v) is 8.95. The van der Waals surface area contributed by atoms with Gasteiger partial charge in [-0.3, -0.25) is 10.2 Å². The van der Waals surface area contributed by atoms with Gasteiger partial charge in [0.15, 0.2) is 0 Å². The van der Waals surface area contributed by atoms with Crippen molar-refractivity contribution in [3.05, 3.63) is 23.3 Å². The largest absolute Gasteiger partial charge is 0.477 e. The fraction of sp³-hybridized carbons (Fsp3) is 0.579. The molecule has 164 valence electrons.